The summed E-state index contributed by atoms with van der Waals surface area (Å²) in [5.74, 6) is 0.522. The van der Waals surface area contributed by atoms with Crippen LogP contribution in [0.2, 0.25) is 0 Å². The van der Waals surface area contributed by atoms with Crippen LogP contribution >= 0.6 is 0 Å². The Morgan fingerprint density at radius 2 is 0.847 bits per heavy atom. The second-order valence-electron chi connectivity index (χ2n) is 21.8. The van der Waals surface area contributed by atoms with Crippen molar-refractivity contribution in [3.8, 4) is 44.5 Å². The molecule has 11 aromatic rings. The molecule has 2 heteroatoms. The number of para-hydroxylation sites is 2. The van der Waals surface area contributed by atoms with Gasteiger partial charge in [-0.2, -0.15) is 0 Å². The topological polar surface area (TPSA) is 8.17 Å². The summed E-state index contributed by atoms with van der Waals surface area (Å²) >= 11 is 0. The molecule has 0 saturated heterocycles. The number of allylic oxidation sites excluding steroid dienone is 4. The molecule has 350 valence electrons. The fourth-order valence-electron chi connectivity index (χ4n) is 11.2. The number of nitrogens with zero attached hydrogens (tertiary/aromatic N) is 2. The van der Waals surface area contributed by atoms with Crippen LogP contribution in [0.3, 0.4) is 0 Å². The molecule has 0 aliphatic heterocycles. The van der Waals surface area contributed by atoms with E-state index in [1.807, 2.05) is 0 Å². The minimum atomic E-state index is 0.0802. The van der Waals surface area contributed by atoms with E-state index in [0.29, 0.717) is 5.92 Å². The van der Waals surface area contributed by atoms with Gasteiger partial charge in [-0.15, -0.1) is 0 Å². The summed E-state index contributed by atoms with van der Waals surface area (Å²) < 4.78 is 2.46. The smallest absolute Gasteiger partial charge is 0.0541 e. The molecule has 10 aromatic carbocycles. The van der Waals surface area contributed by atoms with Crippen LogP contribution in [0.15, 0.2) is 237 Å². The second kappa shape index (κ2) is 17.9. The normalized spacial score (nSPS) is 14.1. The van der Waals surface area contributed by atoms with E-state index < -0.39 is 0 Å². The van der Waals surface area contributed by atoms with E-state index in [1.54, 1.807) is 0 Å². The van der Waals surface area contributed by atoms with Crippen molar-refractivity contribution in [3.63, 3.8) is 0 Å². The van der Waals surface area contributed by atoms with Gasteiger partial charge in [0, 0.05) is 33.5 Å². The first-order valence-corrected chi connectivity index (χ1v) is 25.6. The van der Waals surface area contributed by atoms with Crippen molar-refractivity contribution >= 4 is 66.1 Å². The summed E-state index contributed by atoms with van der Waals surface area (Å²) in [5.41, 5.74) is 18.4. The molecule has 0 spiro atoms. The molecule has 1 atom stereocenters. The molecular formula is C70H60N2. The zero-order valence-electron chi connectivity index (χ0n) is 42.2. The number of hydrogen-bond acceptors (Lipinski definition) is 1. The monoisotopic (exact) mass is 928 g/mol. The third kappa shape index (κ3) is 8.11. The molecular weight excluding hydrogens is 869 g/mol. The van der Waals surface area contributed by atoms with Gasteiger partial charge in [-0.3, -0.25) is 0 Å². The first kappa shape index (κ1) is 45.0. The molecule has 0 amide bonds. The molecule has 2 nitrogen and oxygen atoms in total. The van der Waals surface area contributed by atoms with Gasteiger partial charge >= 0.3 is 0 Å². The van der Waals surface area contributed by atoms with Crippen LogP contribution in [-0.4, -0.2) is 4.57 Å². The first-order chi connectivity index (χ1) is 35.0. The molecule has 0 bridgehead atoms. The molecule has 12 rings (SSSR count). The Bertz CT molecular complexity index is 3860. The third-order valence-corrected chi connectivity index (χ3v) is 15.2. The molecule has 0 fully saturated rings. The largest absolute Gasteiger partial charge is 0.311 e. The van der Waals surface area contributed by atoms with Gasteiger partial charge in [-0.05, 0) is 168 Å². The van der Waals surface area contributed by atoms with Crippen LogP contribution in [0.25, 0.3) is 93.6 Å². The number of rotatable bonds is 8. The van der Waals surface area contributed by atoms with Crippen molar-refractivity contribution in [1.29, 1.82) is 0 Å². The van der Waals surface area contributed by atoms with Crippen LogP contribution in [-0.2, 0) is 5.41 Å². The SMILES string of the molecule is CC(C)(C)c1ccc(N(c2ccccc2)c2ccc(-c3ccc4c(-c5ccccc5)c5cc(-c6ccc7c(c6)c6ccccc6n7C6=CCC(C(C)(C)C)C=C6)ccc5c(-c5ccccc5)c4c3)cc2)cc1. The van der Waals surface area contributed by atoms with Crippen LogP contribution < -0.4 is 4.90 Å². The lowest BCUT2D eigenvalue weighted by Gasteiger charge is -2.29. The van der Waals surface area contributed by atoms with Crippen LogP contribution in [0.1, 0.15) is 53.5 Å². The summed E-state index contributed by atoms with van der Waals surface area (Å²) in [7, 11) is 0. The molecule has 0 N–H and O–H groups in total. The number of aromatic nitrogens is 1. The van der Waals surface area contributed by atoms with E-state index in [1.165, 1.54) is 99.1 Å². The Morgan fingerprint density at radius 3 is 1.39 bits per heavy atom. The molecule has 0 saturated carbocycles. The van der Waals surface area contributed by atoms with E-state index in [2.05, 4.69) is 288 Å². The molecule has 1 aromatic heterocycles. The van der Waals surface area contributed by atoms with Gasteiger partial charge in [0.2, 0.25) is 0 Å². The van der Waals surface area contributed by atoms with E-state index in [0.717, 1.165) is 23.5 Å². The molecule has 1 heterocycles. The molecule has 72 heavy (non-hydrogen) atoms. The van der Waals surface area contributed by atoms with Crippen molar-refractivity contribution in [2.75, 3.05) is 4.90 Å². The van der Waals surface area contributed by atoms with Gasteiger partial charge in [0.25, 0.3) is 0 Å². The Hall–Kier alpha value is -8.20. The quantitative estimate of drug-likeness (QED) is 0.138. The van der Waals surface area contributed by atoms with E-state index >= 15 is 0 Å². The predicted octanol–water partition coefficient (Wildman–Crippen LogP) is 20.0. The Morgan fingerprint density at radius 1 is 0.389 bits per heavy atom. The van der Waals surface area contributed by atoms with Crippen molar-refractivity contribution < 1.29 is 0 Å². The molecule has 1 aliphatic carbocycles. The number of fused-ring (bicyclic) bond motifs is 5. The molecule has 0 radical (unpaired) electrons. The average Bonchev–Trinajstić information content (AvgIpc) is 3.74. The predicted molar refractivity (Wildman–Crippen MR) is 311 cm³/mol. The average molecular weight is 929 g/mol. The van der Waals surface area contributed by atoms with Crippen LogP contribution in [0, 0.1) is 11.3 Å². The maximum Gasteiger partial charge on any atom is 0.0541 e. The maximum atomic E-state index is 2.46. The summed E-state index contributed by atoms with van der Waals surface area (Å²) in [6.07, 6.45) is 8.24. The maximum absolute atomic E-state index is 2.46. The minimum Gasteiger partial charge on any atom is -0.311 e. The molecule has 1 unspecified atom stereocenters. The lowest BCUT2D eigenvalue weighted by atomic mass is 9.77. The third-order valence-electron chi connectivity index (χ3n) is 15.2. The Labute approximate surface area is 424 Å². The van der Waals surface area contributed by atoms with Crippen molar-refractivity contribution in [1.82, 2.24) is 4.57 Å². The summed E-state index contributed by atoms with van der Waals surface area (Å²) in [4.78, 5) is 2.35. The summed E-state index contributed by atoms with van der Waals surface area (Å²) in [6.45, 7) is 13.8. The van der Waals surface area contributed by atoms with Gasteiger partial charge in [0.1, 0.15) is 0 Å². The first-order valence-electron chi connectivity index (χ1n) is 25.6. The lowest BCUT2D eigenvalue weighted by Crippen LogP contribution is -2.19. The van der Waals surface area contributed by atoms with E-state index in [9.17, 15) is 0 Å². The van der Waals surface area contributed by atoms with Crippen LogP contribution in [0.4, 0.5) is 17.1 Å². The van der Waals surface area contributed by atoms with Crippen molar-refractivity contribution in [3.05, 3.63) is 242 Å². The Kier molecular flexibility index (Phi) is 11.2. The fraction of sp³-hybridized carbons (Fsp3) is 0.143. The highest BCUT2D eigenvalue weighted by Gasteiger charge is 2.25. The van der Waals surface area contributed by atoms with Gasteiger partial charge in [-0.1, -0.05) is 205 Å². The standard InChI is InChI=1S/C70H60N2/c1-69(2,3)53-31-37-57(38-32-53)71(55-22-14-9-15-23-55)56-35-26-47(27-36-56)50-28-41-60-63(45-50)67(48-18-10-7-11-19-48)61-42-29-51(46-64(61)68(60)49-20-12-8-13-21-49)52-30-43-66-62(44-52)59-24-16-17-25-65(59)72(66)58-39-33-54(34-40-58)70(4,5)6/h7-33,35-46,54H,34H2,1-6H3. The van der Waals surface area contributed by atoms with Gasteiger partial charge in [-0.25, -0.2) is 0 Å². The van der Waals surface area contributed by atoms with Crippen molar-refractivity contribution in [2.24, 2.45) is 11.3 Å². The highest BCUT2D eigenvalue weighted by Crippen LogP contribution is 2.47. The van der Waals surface area contributed by atoms with Crippen LogP contribution in [0.5, 0.6) is 0 Å². The van der Waals surface area contributed by atoms with Gasteiger partial charge in [0.05, 0.1) is 11.0 Å². The lowest BCUT2D eigenvalue weighted by molar-refractivity contribution is 0.294. The van der Waals surface area contributed by atoms with E-state index in [-0.39, 0.29) is 10.8 Å². The summed E-state index contributed by atoms with van der Waals surface area (Å²) in [5, 5.41) is 7.50. The number of hydrogen-bond donors (Lipinski definition) is 0. The second-order valence-corrected chi connectivity index (χ2v) is 21.8. The minimum absolute atomic E-state index is 0.0802. The van der Waals surface area contributed by atoms with Crippen molar-refractivity contribution in [2.45, 2.75) is 53.4 Å². The summed E-state index contributed by atoms with van der Waals surface area (Å²) in [6, 6.07) is 81.0. The number of benzene rings is 10. The highest BCUT2D eigenvalue weighted by atomic mass is 15.1. The number of anilines is 3. The zero-order chi connectivity index (χ0) is 49.1. The fourth-order valence-corrected chi connectivity index (χ4v) is 11.2. The molecule has 1 aliphatic rings. The zero-order valence-corrected chi connectivity index (χ0v) is 42.2. The van der Waals surface area contributed by atoms with Gasteiger partial charge in [0.15, 0.2) is 0 Å². The van der Waals surface area contributed by atoms with E-state index in [4.69, 9.17) is 0 Å². The van der Waals surface area contributed by atoms with Gasteiger partial charge < -0.3 is 9.47 Å². The Balaban J connectivity index is 0.996. The highest BCUT2D eigenvalue weighted by molar-refractivity contribution is 6.22.